The largest absolute Gasteiger partial charge is 0.387 e. The van der Waals surface area contributed by atoms with Crippen LogP contribution in [0.4, 0.5) is 5.69 Å². The van der Waals surface area contributed by atoms with Gasteiger partial charge in [-0.15, -0.1) is 0 Å². The highest BCUT2D eigenvalue weighted by Crippen LogP contribution is 2.43. The van der Waals surface area contributed by atoms with Crippen molar-refractivity contribution in [3.63, 3.8) is 0 Å². The normalized spacial score (nSPS) is 14.4. The Morgan fingerprint density at radius 1 is 0.923 bits per heavy atom. The number of nitro benzene ring substituents is 1. The maximum atomic E-state index is 11.2. The molecule has 0 aliphatic heterocycles. The molecule has 1 N–H and O–H groups in total. The van der Waals surface area contributed by atoms with Gasteiger partial charge >= 0.3 is 0 Å². The summed E-state index contributed by atoms with van der Waals surface area (Å²) in [5.41, 5.74) is 1.69. The molecule has 0 saturated heterocycles. The maximum absolute atomic E-state index is 11.2. The van der Waals surface area contributed by atoms with E-state index in [1.54, 1.807) is 24.3 Å². The molecule has 4 nitrogen and oxygen atoms in total. The molecular weight excluding hydrogens is 350 g/mol. The summed E-state index contributed by atoms with van der Waals surface area (Å²) in [7, 11) is 0. The van der Waals surface area contributed by atoms with Gasteiger partial charge in [-0.3, -0.25) is 10.1 Å². The fraction of sp³-hybridized carbons (Fsp3) is 0.143. The van der Waals surface area contributed by atoms with E-state index >= 15 is 0 Å². The van der Waals surface area contributed by atoms with Gasteiger partial charge in [0, 0.05) is 22.6 Å². The average Bonchev–Trinajstić information content (AvgIpc) is 2.68. The molecule has 0 amide bonds. The number of halogens is 1. The van der Waals surface area contributed by atoms with Crippen molar-refractivity contribution in [2.24, 2.45) is 0 Å². The van der Waals surface area contributed by atoms with Gasteiger partial charge < -0.3 is 5.11 Å². The van der Waals surface area contributed by atoms with Gasteiger partial charge in [-0.05, 0) is 47.9 Å². The summed E-state index contributed by atoms with van der Waals surface area (Å²) >= 11 is 6.03. The zero-order valence-corrected chi connectivity index (χ0v) is 14.9. The van der Waals surface area contributed by atoms with Crippen LogP contribution in [0, 0.1) is 10.1 Å². The molecule has 3 aromatic carbocycles. The third kappa shape index (κ3) is 3.34. The topological polar surface area (TPSA) is 63.4 Å². The van der Waals surface area contributed by atoms with Gasteiger partial charge in [-0.2, -0.15) is 0 Å². The summed E-state index contributed by atoms with van der Waals surface area (Å²) < 4.78 is 0. The number of benzene rings is 3. The number of aliphatic hydroxyl groups excluding tert-OH is 1. The van der Waals surface area contributed by atoms with Crippen molar-refractivity contribution in [1.82, 2.24) is 0 Å². The Labute approximate surface area is 156 Å². The molecule has 3 rings (SSSR count). The summed E-state index contributed by atoms with van der Waals surface area (Å²) in [4.78, 5) is 10.4. The van der Waals surface area contributed by atoms with Crippen LogP contribution in [0.15, 0.2) is 78.9 Å². The minimum Gasteiger partial charge on any atom is -0.387 e. The smallest absolute Gasteiger partial charge is 0.269 e. The van der Waals surface area contributed by atoms with Crippen LogP contribution >= 0.6 is 11.6 Å². The van der Waals surface area contributed by atoms with E-state index in [1.807, 2.05) is 49.4 Å². The fourth-order valence-electron chi connectivity index (χ4n) is 3.17. The minimum absolute atomic E-state index is 0.00569. The van der Waals surface area contributed by atoms with Gasteiger partial charge in [0.1, 0.15) is 0 Å². The first-order chi connectivity index (χ1) is 12.4. The number of non-ortho nitro benzene ring substituents is 1. The Balaban J connectivity index is 2.11. The van der Waals surface area contributed by atoms with Gasteiger partial charge in [0.05, 0.1) is 11.0 Å². The standard InChI is InChI=1S/C21H18ClNO3/c1-21(16-5-3-2-4-6-16,17-9-11-18(22)12-10-17)20(24)15-7-13-19(14-8-15)23(25)26/h2-14,20,24H,1H3/t20-,21-/m0/s1. The van der Waals surface area contributed by atoms with Crippen LogP contribution in [0.5, 0.6) is 0 Å². The Kier molecular flexibility index (Phi) is 5.07. The van der Waals surface area contributed by atoms with Crippen molar-refractivity contribution in [1.29, 1.82) is 0 Å². The van der Waals surface area contributed by atoms with Crippen LogP contribution in [0.25, 0.3) is 0 Å². The van der Waals surface area contributed by atoms with Gasteiger partial charge in [0.2, 0.25) is 0 Å². The molecule has 132 valence electrons. The molecule has 0 heterocycles. The first-order valence-electron chi connectivity index (χ1n) is 8.17. The van der Waals surface area contributed by atoms with E-state index in [2.05, 4.69) is 0 Å². The Bertz CT molecular complexity index is 895. The van der Waals surface area contributed by atoms with E-state index in [-0.39, 0.29) is 5.69 Å². The maximum Gasteiger partial charge on any atom is 0.269 e. The minimum atomic E-state index is -0.896. The van der Waals surface area contributed by atoms with Crippen LogP contribution in [-0.4, -0.2) is 10.0 Å². The second-order valence-electron chi connectivity index (χ2n) is 6.33. The highest BCUT2D eigenvalue weighted by molar-refractivity contribution is 6.30. The van der Waals surface area contributed by atoms with E-state index in [0.717, 1.165) is 11.1 Å². The van der Waals surface area contributed by atoms with E-state index < -0.39 is 16.4 Å². The molecule has 0 fully saturated rings. The zero-order chi connectivity index (χ0) is 18.7. The SMILES string of the molecule is C[C@](c1ccccc1)(c1ccc(Cl)cc1)[C@@H](O)c1ccc([N+](=O)[O-])cc1. The van der Waals surface area contributed by atoms with Crippen molar-refractivity contribution >= 4 is 17.3 Å². The van der Waals surface area contributed by atoms with Crippen LogP contribution in [0.2, 0.25) is 5.02 Å². The van der Waals surface area contributed by atoms with Crippen molar-refractivity contribution in [2.45, 2.75) is 18.4 Å². The van der Waals surface area contributed by atoms with Crippen molar-refractivity contribution < 1.29 is 10.0 Å². The van der Waals surface area contributed by atoms with Crippen molar-refractivity contribution in [3.8, 4) is 0 Å². The fourth-order valence-corrected chi connectivity index (χ4v) is 3.30. The molecule has 0 aromatic heterocycles. The number of nitrogens with zero attached hydrogens (tertiary/aromatic N) is 1. The van der Waals surface area contributed by atoms with Crippen LogP contribution in [0.3, 0.4) is 0 Å². The zero-order valence-electron chi connectivity index (χ0n) is 14.2. The molecule has 26 heavy (non-hydrogen) atoms. The average molecular weight is 368 g/mol. The first kappa shape index (κ1) is 18.1. The predicted octanol–water partition coefficient (Wildman–Crippen LogP) is 5.29. The number of hydrogen-bond acceptors (Lipinski definition) is 3. The molecule has 0 aliphatic rings. The highest BCUT2D eigenvalue weighted by Gasteiger charge is 2.37. The molecular formula is C21H18ClNO3. The molecule has 5 heteroatoms. The summed E-state index contributed by atoms with van der Waals surface area (Å²) in [5.74, 6) is 0. The lowest BCUT2D eigenvalue weighted by atomic mass is 9.70. The summed E-state index contributed by atoms with van der Waals surface area (Å²) in [6.07, 6.45) is -0.896. The summed E-state index contributed by atoms with van der Waals surface area (Å²) in [5, 5.41) is 22.7. The van der Waals surface area contributed by atoms with Gasteiger partial charge in [-0.25, -0.2) is 0 Å². The molecule has 3 aromatic rings. The second kappa shape index (κ2) is 7.28. The van der Waals surface area contributed by atoms with E-state index in [1.165, 1.54) is 12.1 Å². The molecule has 0 unspecified atom stereocenters. The third-order valence-electron chi connectivity index (χ3n) is 4.78. The van der Waals surface area contributed by atoms with Gasteiger partial charge in [0.25, 0.3) is 5.69 Å². The van der Waals surface area contributed by atoms with Crippen molar-refractivity contribution in [2.75, 3.05) is 0 Å². The van der Waals surface area contributed by atoms with Crippen LogP contribution in [-0.2, 0) is 5.41 Å². The van der Waals surface area contributed by atoms with Gasteiger partial charge in [0.15, 0.2) is 0 Å². The van der Waals surface area contributed by atoms with E-state index in [0.29, 0.717) is 10.6 Å². The number of aliphatic hydroxyl groups is 1. The lowest BCUT2D eigenvalue weighted by molar-refractivity contribution is -0.384. The quantitative estimate of drug-likeness (QED) is 0.492. The lowest BCUT2D eigenvalue weighted by Gasteiger charge is -2.36. The highest BCUT2D eigenvalue weighted by atomic mass is 35.5. The first-order valence-corrected chi connectivity index (χ1v) is 8.54. The Morgan fingerprint density at radius 3 is 2.00 bits per heavy atom. The Hall–Kier alpha value is -2.69. The number of nitro groups is 1. The second-order valence-corrected chi connectivity index (χ2v) is 6.76. The van der Waals surface area contributed by atoms with Gasteiger partial charge in [-0.1, -0.05) is 54.1 Å². The lowest BCUT2D eigenvalue weighted by Crippen LogP contribution is -2.32. The number of hydrogen-bond donors (Lipinski definition) is 1. The van der Waals surface area contributed by atoms with Crippen LogP contribution < -0.4 is 0 Å². The molecule has 0 bridgehead atoms. The van der Waals surface area contributed by atoms with Crippen LogP contribution in [0.1, 0.15) is 29.7 Å². The third-order valence-corrected chi connectivity index (χ3v) is 5.04. The molecule has 0 aliphatic carbocycles. The summed E-state index contributed by atoms with van der Waals surface area (Å²) in [6.45, 7) is 1.96. The Morgan fingerprint density at radius 2 is 1.46 bits per heavy atom. The van der Waals surface area contributed by atoms with E-state index in [9.17, 15) is 15.2 Å². The monoisotopic (exact) mass is 367 g/mol. The molecule has 0 saturated carbocycles. The molecule has 2 atom stereocenters. The summed E-state index contributed by atoms with van der Waals surface area (Å²) in [6, 6.07) is 23.1. The number of rotatable bonds is 5. The van der Waals surface area contributed by atoms with Crippen molar-refractivity contribution in [3.05, 3.63) is 111 Å². The molecule has 0 spiro atoms. The predicted molar refractivity (Wildman–Crippen MR) is 102 cm³/mol. The van der Waals surface area contributed by atoms with E-state index in [4.69, 9.17) is 11.6 Å². The molecule has 0 radical (unpaired) electrons.